The summed E-state index contributed by atoms with van der Waals surface area (Å²) in [6.45, 7) is 0.623. The van der Waals surface area contributed by atoms with Gasteiger partial charge in [0.1, 0.15) is 11.0 Å². The summed E-state index contributed by atoms with van der Waals surface area (Å²) >= 11 is 7.71. The van der Waals surface area contributed by atoms with E-state index in [-0.39, 0.29) is 0 Å². The van der Waals surface area contributed by atoms with Crippen LogP contribution in [0.25, 0.3) is 0 Å². The maximum absolute atomic E-state index is 5.97. The van der Waals surface area contributed by atoms with Gasteiger partial charge in [0.05, 0.1) is 6.61 Å². The third-order valence-electron chi connectivity index (χ3n) is 2.81. The fourth-order valence-corrected chi connectivity index (χ4v) is 2.59. The molecule has 2 heterocycles. The highest BCUT2D eigenvalue weighted by molar-refractivity contribution is 7.09. The van der Waals surface area contributed by atoms with Crippen LogP contribution in [0.5, 0.6) is 5.88 Å². The van der Waals surface area contributed by atoms with E-state index in [9.17, 15) is 0 Å². The van der Waals surface area contributed by atoms with Crippen molar-refractivity contribution in [3.05, 3.63) is 39.4 Å². The minimum absolute atomic E-state index is 0.470. The van der Waals surface area contributed by atoms with Crippen LogP contribution in [0.3, 0.4) is 0 Å². The Morgan fingerprint density at radius 3 is 3.00 bits per heavy atom. The molecule has 1 saturated carbocycles. The third kappa shape index (κ3) is 3.00. The largest absolute Gasteiger partial charge is 0.477 e. The van der Waals surface area contributed by atoms with E-state index < -0.39 is 0 Å². The molecule has 1 fully saturated rings. The predicted molar refractivity (Wildman–Crippen MR) is 72.5 cm³/mol. The van der Waals surface area contributed by atoms with Crippen molar-refractivity contribution in [3.8, 4) is 5.88 Å². The molecular formula is C13H13ClN2OS. The van der Waals surface area contributed by atoms with Gasteiger partial charge in [-0.05, 0) is 24.3 Å². The highest BCUT2D eigenvalue weighted by Gasteiger charge is 2.27. The monoisotopic (exact) mass is 280 g/mol. The summed E-state index contributed by atoms with van der Waals surface area (Å²) in [7, 11) is 0. The lowest BCUT2D eigenvalue weighted by Crippen LogP contribution is -2.04. The Balaban J connectivity index is 1.61. The van der Waals surface area contributed by atoms with E-state index in [2.05, 4.69) is 21.4 Å². The number of halogens is 1. The molecule has 0 radical (unpaired) electrons. The molecule has 2 aromatic rings. The third-order valence-corrected chi connectivity index (χ3v) is 3.94. The molecule has 0 saturated heterocycles. The van der Waals surface area contributed by atoms with E-state index in [1.54, 1.807) is 17.4 Å². The van der Waals surface area contributed by atoms with Gasteiger partial charge in [-0.15, -0.1) is 11.3 Å². The van der Waals surface area contributed by atoms with E-state index in [0.717, 1.165) is 25.1 Å². The molecule has 0 spiro atoms. The molecule has 3 rings (SSSR count). The van der Waals surface area contributed by atoms with Crippen molar-refractivity contribution < 1.29 is 4.74 Å². The number of hydrogen-bond donors (Lipinski definition) is 0. The second-order valence-electron chi connectivity index (χ2n) is 4.34. The SMILES string of the molecule is Clc1cc(OCCc2cccs2)nc(C2CC2)n1. The van der Waals surface area contributed by atoms with E-state index in [1.165, 1.54) is 4.88 Å². The van der Waals surface area contributed by atoms with Crippen molar-refractivity contribution >= 4 is 22.9 Å². The van der Waals surface area contributed by atoms with Crippen LogP contribution in [-0.2, 0) is 6.42 Å². The van der Waals surface area contributed by atoms with Crippen LogP contribution < -0.4 is 4.74 Å². The van der Waals surface area contributed by atoms with Crippen molar-refractivity contribution in [2.75, 3.05) is 6.61 Å². The Labute approximate surface area is 115 Å². The lowest BCUT2D eigenvalue weighted by atomic mass is 10.3. The minimum atomic E-state index is 0.470. The van der Waals surface area contributed by atoms with Gasteiger partial charge in [-0.1, -0.05) is 17.7 Å². The zero-order chi connectivity index (χ0) is 12.4. The molecule has 0 N–H and O–H groups in total. The first-order valence-corrected chi connectivity index (χ1v) is 7.27. The molecule has 0 bridgehead atoms. The zero-order valence-corrected chi connectivity index (χ0v) is 11.4. The van der Waals surface area contributed by atoms with Crippen molar-refractivity contribution in [1.82, 2.24) is 9.97 Å². The fraction of sp³-hybridized carbons (Fsp3) is 0.385. The normalized spacial score (nSPS) is 14.7. The summed E-state index contributed by atoms with van der Waals surface area (Å²) < 4.78 is 5.65. The molecule has 5 heteroatoms. The highest BCUT2D eigenvalue weighted by atomic mass is 35.5. The summed E-state index contributed by atoms with van der Waals surface area (Å²) in [5.41, 5.74) is 0. The lowest BCUT2D eigenvalue weighted by molar-refractivity contribution is 0.308. The maximum atomic E-state index is 5.97. The molecule has 0 amide bonds. The quantitative estimate of drug-likeness (QED) is 0.784. The molecule has 0 aliphatic heterocycles. The maximum Gasteiger partial charge on any atom is 0.218 e. The first-order chi connectivity index (χ1) is 8.81. The molecular weight excluding hydrogens is 268 g/mol. The fourth-order valence-electron chi connectivity index (χ4n) is 1.72. The van der Waals surface area contributed by atoms with E-state index in [4.69, 9.17) is 16.3 Å². The van der Waals surface area contributed by atoms with Gasteiger partial charge in [0.2, 0.25) is 5.88 Å². The summed E-state index contributed by atoms with van der Waals surface area (Å²) in [6, 6.07) is 5.84. The zero-order valence-electron chi connectivity index (χ0n) is 9.80. The van der Waals surface area contributed by atoms with Gasteiger partial charge >= 0.3 is 0 Å². The van der Waals surface area contributed by atoms with Crippen LogP contribution in [0.1, 0.15) is 29.5 Å². The van der Waals surface area contributed by atoms with Gasteiger partial charge in [0, 0.05) is 23.3 Å². The van der Waals surface area contributed by atoms with Crippen molar-refractivity contribution in [3.63, 3.8) is 0 Å². The van der Waals surface area contributed by atoms with Gasteiger partial charge in [0.25, 0.3) is 0 Å². The first-order valence-electron chi connectivity index (χ1n) is 6.01. The van der Waals surface area contributed by atoms with Crippen molar-refractivity contribution in [2.24, 2.45) is 0 Å². The Bertz CT molecular complexity index is 526. The number of nitrogens with zero attached hydrogens (tertiary/aromatic N) is 2. The van der Waals surface area contributed by atoms with Gasteiger partial charge in [0.15, 0.2) is 0 Å². The summed E-state index contributed by atoms with van der Waals surface area (Å²) in [5.74, 6) is 1.91. The number of hydrogen-bond acceptors (Lipinski definition) is 4. The topological polar surface area (TPSA) is 35.0 Å². The molecule has 18 heavy (non-hydrogen) atoms. The average molecular weight is 281 g/mol. The number of ether oxygens (including phenoxy) is 1. The average Bonchev–Trinajstić information content (AvgIpc) is 3.08. The standard InChI is InChI=1S/C13H13ClN2OS/c14-11-8-12(16-13(15-11)9-3-4-9)17-6-5-10-2-1-7-18-10/h1-2,7-9H,3-6H2. The Kier molecular flexibility index (Phi) is 3.48. The first kappa shape index (κ1) is 11.9. The van der Waals surface area contributed by atoms with Gasteiger partial charge in [-0.2, -0.15) is 4.98 Å². The van der Waals surface area contributed by atoms with E-state index >= 15 is 0 Å². The summed E-state index contributed by atoms with van der Waals surface area (Å²) in [4.78, 5) is 9.95. The van der Waals surface area contributed by atoms with Crippen LogP contribution in [0, 0.1) is 0 Å². The molecule has 0 atom stereocenters. The van der Waals surface area contributed by atoms with Crippen LogP contribution >= 0.6 is 22.9 Å². The molecule has 3 nitrogen and oxygen atoms in total. The second-order valence-corrected chi connectivity index (χ2v) is 5.76. The van der Waals surface area contributed by atoms with Crippen LogP contribution in [0.2, 0.25) is 5.15 Å². The van der Waals surface area contributed by atoms with Crippen LogP contribution in [0.15, 0.2) is 23.6 Å². The van der Waals surface area contributed by atoms with Crippen molar-refractivity contribution in [1.29, 1.82) is 0 Å². The highest BCUT2D eigenvalue weighted by Crippen LogP contribution is 2.38. The van der Waals surface area contributed by atoms with Gasteiger partial charge < -0.3 is 4.74 Å². The number of aromatic nitrogens is 2. The predicted octanol–water partition coefficient (Wildman–Crippen LogP) is 3.69. The second kappa shape index (κ2) is 5.24. The van der Waals surface area contributed by atoms with E-state index in [0.29, 0.717) is 23.6 Å². The Hall–Kier alpha value is -1.13. The Morgan fingerprint density at radius 2 is 2.28 bits per heavy atom. The molecule has 94 valence electrons. The number of rotatable bonds is 5. The summed E-state index contributed by atoms with van der Waals surface area (Å²) in [5, 5.41) is 2.54. The van der Waals surface area contributed by atoms with Gasteiger partial charge in [-0.25, -0.2) is 4.98 Å². The lowest BCUT2D eigenvalue weighted by Gasteiger charge is -2.06. The van der Waals surface area contributed by atoms with E-state index in [1.807, 2.05) is 6.07 Å². The Morgan fingerprint density at radius 1 is 1.39 bits per heavy atom. The minimum Gasteiger partial charge on any atom is -0.477 e. The molecule has 1 aliphatic rings. The smallest absolute Gasteiger partial charge is 0.218 e. The van der Waals surface area contributed by atoms with Crippen LogP contribution in [0.4, 0.5) is 0 Å². The molecule has 1 aliphatic carbocycles. The summed E-state index contributed by atoms with van der Waals surface area (Å²) in [6.07, 6.45) is 3.22. The van der Waals surface area contributed by atoms with Gasteiger partial charge in [-0.3, -0.25) is 0 Å². The van der Waals surface area contributed by atoms with Crippen LogP contribution in [-0.4, -0.2) is 16.6 Å². The van der Waals surface area contributed by atoms with Crippen molar-refractivity contribution in [2.45, 2.75) is 25.2 Å². The molecule has 0 unspecified atom stereocenters. The molecule has 0 aromatic carbocycles. The number of thiophene rings is 1. The molecule has 2 aromatic heterocycles.